The Hall–Kier alpha value is -1.66. The van der Waals surface area contributed by atoms with Crippen molar-refractivity contribution in [2.75, 3.05) is 6.61 Å². The van der Waals surface area contributed by atoms with Crippen molar-refractivity contribution < 1.29 is 18.6 Å². The molecule has 0 spiro atoms. The molecular formula is C22H28BrN2O4P. The van der Waals surface area contributed by atoms with Crippen LogP contribution in [0.1, 0.15) is 50.8 Å². The number of nitrogens with one attached hydrogen (secondary N) is 1. The van der Waals surface area contributed by atoms with Crippen LogP contribution in [0.5, 0.6) is 5.75 Å². The van der Waals surface area contributed by atoms with Crippen LogP contribution in [0.25, 0.3) is 0 Å². The van der Waals surface area contributed by atoms with Gasteiger partial charge < -0.3 is 9.26 Å². The second kappa shape index (κ2) is 10.1. The van der Waals surface area contributed by atoms with Gasteiger partial charge in [0, 0.05) is 22.6 Å². The lowest BCUT2D eigenvalue weighted by Gasteiger charge is -2.40. The molecule has 0 radical (unpaired) electrons. The molecule has 0 aromatic heterocycles. The van der Waals surface area contributed by atoms with Crippen LogP contribution in [0.2, 0.25) is 0 Å². The largest absolute Gasteiger partial charge is 0.465 e. The average Bonchev–Trinajstić information content (AvgIpc) is 2.73. The molecule has 0 saturated carbocycles. The predicted molar refractivity (Wildman–Crippen MR) is 121 cm³/mol. The first kappa shape index (κ1) is 23.0. The van der Waals surface area contributed by atoms with Crippen LogP contribution in [0.3, 0.4) is 0 Å². The fraction of sp³-hybridized carbons (Fsp3) is 0.409. The highest BCUT2D eigenvalue weighted by molar-refractivity contribution is 9.10. The molecule has 0 fully saturated rings. The molecule has 3 atom stereocenters. The molecule has 0 saturated heterocycles. The number of hydrogen-bond acceptors (Lipinski definition) is 4. The quantitative estimate of drug-likeness (QED) is 0.367. The van der Waals surface area contributed by atoms with Gasteiger partial charge in [-0.3, -0.25) is 4.79 Å². The molecule has 0 bridgehead atoms. The maximum Gasteiger partial charge on any atom is 0.394 e. The maximum atomic E-state index is 14.2. The minimum Gasteiger partial charge on any atom is -0.465 e. The van der Waals surface area contributed by atoms with E-state index in [0.29, 0.717) is 18.7 Å². The summed E-state index contributed by atoms with van der Waals surface area (Å²) < 4.78 is 28.2. The van der Waals surface area contributed by atoms with Crippen molar-refractivity contribution in [2.24, 2.45) is 0 Å². The van der Waals surface area contributed by atoms with Crippen molar-refractivity contribution in [2.45, 2.75) is 52.2 Å². The summed E-state index contributed by atoms with van der Waals surface area (Å²) in [4.78, 5) is 12.5. The molecule has 3 rings (SSSR count). The van der Waals surface area contributed by atoms with Gasteiger partial charge in [-0.05, 0) is 44.0 Å². The Morgan fingerprint density at radius 2 is 2.00 bits per heavy atom. The molecule has 162 valence electrons. The Morgan fingerprint density at radius 3 is 2.67 bits per heavy atom. The molecule has 30 heavy (non-hydrogen) atoms. The third-order valence-corrected chi connectivity index (χ3v) is 7.85. The number of nitrogens with zero attached hydrogens (tertiary/aromatic N) is 1. The normalized spacial score (nSPS) is 20.7. The molecule has 1 N–H and O–H groups in total. The van der Waals surface area contributed by atoms with E-state index in [-0.39, 0.29) is 12.6 Å². The Bertz CT molecular complexity index is 925. The van der Waals surface area contributed by atoms with Gasteiger partial charge in [0.1, 0.15) is 11.8 Å². The van der Waals surface area contributed by atoms with E-state index in [2.05, 4.69) is 21.0 Å². The van der Waals surface area contributed by atoms with Crippen LogP contribution in [0, 0.1) is 0 Å². The van der Waals surface area contributed by atoms with Crippen molar-refractivity contribution in [1.82, 2.24) is 9.76 Å². The third kappa shape index (κ3) is 5.14. The monoisotopic (exact) mass is 494 g/mol. The number of rotatable bonds is 8. The zero-order valence-corrected chi connectivity index (χ0v) is 20.0. The molecule has 2 aromatic rings. The zero-order chi connectivity index (χ0) is 21.7. The van der Waals surface area contributed by atoms with Gasteiger partial charge >= 0.3 is 13.6 Å². The standard InChI is InChI=1S/C22H28BrN2O4P/c1-4-9-20(22(26)28-5-2)24-30(27)25(16(3)17-10-7-6-8-11-17)15-18-14-19(23)12-13-21(18)29-30/h6-8,10-14,16,20H,4-5,9,15H2,1-3H3,(H,24,27). The summed E-state index contributed by atoms with van der Waals surface area (Å²) in [5.41, 5.74) is 1.95. The summed E-state index contributed by atoms with van der Waals surface area (Å²) >= 11 is 3.50. The Kier molecular flexibility index (Phi) is 7.75. The van der Waals surface area contributed by atoms with Gasteiger partial charge in [0.05, 0.1) is 6.61 Å². The first-order chi connectivity index (χ1) is 14.4. The molecule has 0 amide bonds. The number of benzene rings is 2. The fourth-order valence-electron chi connectivity index (χ4n) is 3.55. The van der Waals surface area contributed by atoms with Crippen molar-refractivity contribution in [3.8, 4) is 5.75 Å². The number of ether oxygens (including phenoxy) is 1. The summed E-state index contributed by atoms with van der Waals surface area (Å²) in [6.45, 7) is 6.43. The molecule has 1 aliphatic rings. The van der Waals surface area contributed by atoms with Gasteiger partial charge in [-0.25, -0.2) is 9.65 Å². The molecular weight excluding hydrogens is 467 g/mol. The fourth-order valence-corrected chi connectivity index (χ4v) is 6.26. The molecule has 3 unspecified atom stereocenters. The van der Waals surface area contributed by atoms with Crippen LogP contribution in [-0.2, 0) is 20.6 Å². The van der Waals surface area contributed by atoms with Gasteiger partial charge in [-0.1, -0.05) is 59.6 Å². The zero-order valence-electron chi connectivity index (χ0n) is 17.5. The van der Waals surface area contributed by atoms with E-state index in [4.69, 9.17) is 9.26 Å². The lowest BCUT2D eigenvalue weighted by Crippen LogP contribution is -2.43. The third-order valence-electron chi connectivity index (χ3n) is 5.11. The van der Waals surface area contributed by atoms with E-state index in [1.54, 1.807) is 13.0 Å². The second-order valence-corrected chi connectivity index (χ2v) is 10.2. The van der Waals surface area contributed by atoms with Gasteiger partial charge in [-0.15, -0.1) is 0 Å². The van der Waals surface area contributed by atoms with Crippen molar-refractivity contribution in [1.29, 1.82) is 0 Å². The van der Waals surface area contributed by atoms with E-state index in [1.165, 1.54) is 0 Å². The predicted octanol–water partition coefficient (Wildman–Crippen LogP) is 5.83. The topological polar surface area (TPSA) is 67.9 Å². The van der Waals surface area contributed by atoms with Crippen molar-refractivity contribution in [3.05, 3.63) is 64.1 Å². The van der Waals surface area contributed by atoms with E-state index >= 15 is 0 Å². The average molecular weight is 495 g/mol. The highest BCUT2D eigenvalue weighted by Crippen LogP contribution is 2.57. The first-order valence-electron chi connectivity index (χ1n) is 10.2. The van der Waals surface area contributed by atoms with Gasteiger partial charge in [0.15, 0.2) is 0 Å². The number of carbonyl (C=O) groups excluding carboxylic acids is 1. The lowest BCUT2D eigenvalue weighted by atomic mass is 10.1. The number of carbonyl (C=O) groups is 1. The van der Waals surface area contributed by atoms with Gasteiger partial charge in [-0.2, -0.15) is 4.67 Å². The molecule has 6 nitrogen and oxygen atoms in total. The minimum atomic E-state index is -3.59. The Balaban J connectivity index is 1.99. The van der Waals surface area contributed by atoms with E-state index < -0.39 is 19.7 Å². The molecule has 1 heterocycles. The smallest absolute Gasteiger partial charge is 0.394 e. The highest BCUT2D eigenvalue weighted by Gasteiger charge is 2.44. The van der Waals surface area contributed by atoms with Crippen LogP contribution in [0.4, 0.5) is 0 Å². The second-order valence-electron chi connectivity index (χ2n) is 7.27. The number of esters is 1. The molecule has 8 heteroatoms. The summed E-state index contributed by atoms with van der Waals surface area (Å²) in [6.07, 6.45) is 1.25. The number of hydrogen-bond donors (Lipinski definition) is 1. The maximum absolute atomic E-state index is 14.2. The summed E-state index contributed by atoms with van der Waals surface area (Å²) in [6, 6.07) is 14.6. The lowest BCUT2D eigenvalue weighted by molar-refractivity contribution is -0.145. The molecule has 1 aliphatic heterocycles. The molecule has 2 aromatic carbocycles. The van der Waals surface area contributed by atoms with Crippen molar-refractivity contribution in [3.63, 3.8) is 0 Å². The summed E-state index contributed by atoms with van der Waals surface area (Å²) in [7, 11) is -3.59. The van der Waals surface area contributed by atoms with Gasteiger partial charge in [0.2, 0.25) is 0 Å². The van der Waals surface area contributed by atoms with E-state index in [9.17, 15) is 9.36 Å². The Labute approximate surface area is 186 Å². The van der Waals surface area contributed by atoms with E-state index in [0.717, 1.165) is 22.0 Å². The van der Waals surface area contributed by atoms with Crippen LogP contribution < -0.4 is 9.61 Å². The molecule has 0 aliphatic carbocycles. The summed E-state index contributed by atoms with van der Waals surface area (Å²) in [5.74, 6) is 0.150. The minimum absolute atomic E-state index is 0.193. The van der Waals surface area contributed by atoms with Crippen LogP contribution in [-0.4, -0.2) is 23.3 Å². The highest BCUT2D eigenvalue weighted by atomic mass is 79.9. The number of fused-ring (bicyclic) bond motifs is 1. The van der Waals surface area contributed by atoms with Crippen LogP contribution >= 0.6 is 23.6 Å². The Morgan fingerprint density at radius 1 is 1.27 bits per heavy atom. The summed E-state index contributed by atoms with van der Waals surface area (Å²) in [5, 5.41) is 3.05. The number of halogens is 1. The van der Waals surface area contributed by atoms with Gasteiger partial charge in [0.25, 0.3) is 0 Å². The van der Waals surface area contributed by atoms with Crippen LogP contribution in [0.15, 0.2) is 53.0 Å². The van der Waals surface area contributed by atoms with Crippen molar-refractivity contribution >= 4 is 29.6 Å². The first-order valence-corrected chi connectivity index (χ1v) is 12.6. The van der Waals surface area contributed by atoms with E-state index in [1.807, 2.05) is 61.0 Å². The SMILES string of the molecule is CCCC(NP1(=O)Oc2ccc(Br)cc2CN1C(C)c1ccccc1)C(=O)OCC.